The highest BCUT2D eigenvalue weighted by molar-refractivity contribution is 5.33. The molecule has 1 fully saturated rings. The molecule has 0 unspecified atom stereocenters. The Kier molecular flexibility index (Phi) is 4.68. The van der Waals surface area contributed by atoms with E-state index in [2.05, 4.69) is 31.2 Å². The largest absolute Gasteiger partial charge is 0.494 e. The molecule has 1 aromatic carbocycles. The summed E-state index contributed by atoms with van der Waals surface area (Å²) >= 11 is 0. The number of hydrogen-bond acceptors (Lipinski definition) is 1. The molecule has 0 amide bonds. The van der Waals surface area contributed by atoms with E-state index >= 15 is 0 Å². The zero-order valence-corrected chi connectivity index (χ0v) is 11.9. The number of ether oxygens (including phenoxy) is 1. The van der Waals surface area contributed by atoms with Gasteiger partial charge >= 0.3 is 0 Å². The monoisotopic (exact) mass is 246 g/mol. The predicted octanol–water partition coefficient (Wildman–Crippen LogP) is 5.09. The standard InChI is InChI=1S/C17H26O/c1-3-12-17(13-6-5-7-14-17)15-8-10-16(11-9-15)18-4-2/h8-11H,3-7,12-14H2,1-2H3. The first-order chi connectivity index (χ1) is 8.80. The van der Waals surface area contributed by atoms with Crippen LogP contribution in [0.1, 0.15) is 64.4 Å². The highest BCUT2D eigenvalue weighted by Crippen LogP contribution is 2.43. The van der Waals surface area contributed by atoms with Gasteiger partial charge in [-0.1, -0.05) is 44.7 Å². The summed E-state index contributed by atoms with van der Waals surface area (Å²) < 4.78 is 5.54. The quantitative estimate of drug-likeness (QED) is 0.703. The van der Waals surface area contributed by atoms with E-state index in [1.165, 1.54) is 50.5 Å². The molecule has 1 aromatic rings. The van der Waals surface area contributed by atoms with Crippen molar-refractivity contribution in [3.8, 4) is 5.75 Å². The van der Waals surface area contributed by atoms with Gasteiger partial charge in [-0.3, -0.25) is 0 Å². The fraction of sp³-hybridized carbons (Fsp3) is 0.647. The van der Waals surface area contributed by atoms with Crippen molar-refractivity contribution < 1.29 is 4.74 Å². The van der Waals surface area contributed by atoms with Gasteiger partial charge in [-0.25, -0.2) is 0 Å². The summed E-state index contributed by atoms with van der Waals surface area (Å²) in [5.74, 6) is 1.00. The number of benzene rings is 1. The van der Waals surface area contributed by atoms with E-state index in [-0.39, 0.29) is 0 Å². The molecule has 2 rings (SSSR count). The summed E-state index contributed by atoms with van der Waals surface area (Å²) in [6.07, 6.45) is 9.57. The van der Waals surface area contributed by atoms with Crippen LogP contribution in [0.15, 0.2) is 24.3 Å². The highest BCUT2D eigenvalue weighted by Gasteiger charge is 2.32. The molecule has 1 nitrogen and oxygen atoms in total. The molecule has 1 aliphatic rings. The molecule has 0 spiro atoms. The Hall–Kier alpha value is -0.980. The fourth-order valence-electron chi connectivity index (χ4n) is 3.46. The second-order valence-electron chi connectivity index (χ2n) is 5.55. The van der Waals surface area contributed by atoms with E-state index in [1.807, 2.05) is 6.92 Å². The van der Waals surface area contributed by atoms with E-state index in [0.717, 1.165) is 12.4 Å². The van der Waals surface area contributed by atoms with E-state index in [0.29, 0.717) is 5.41 Å². The van der Waals surface area contributed by atoms with Gasteiger partial charge in [0.2, 0.25) is 0 Å². The Morgan fingerprint density at radius 2 is 1.67 bits per heavy atom. The molecule has 1 aliphatic carbocycles. The van der Waals surface area contributed by atoms with Crippen LogP contribution in [0.3, 0.4) is 0 Å². The van der Waals surface area contributed by atoms with E-state index in [4.69, 9.17) is 4.74 Å². The third-order valence-corrected chi connectivity index (χ3v) is 4.32. The molecule has 18 heavy (non-hydrogen) atoms. The first-order valence-corrected chi connectivity index (χ1v) is 7.54. The minimum atomic E-state index is 0.456. The average molecular weight is 246 g/mol. The van der Waals surface area contributed by atoms with Gasteiger partial charge in [-0.15, -0.1) is 0 Å². The van der Waals surface area contributed by atoms with Crippen molar-refractivity contribution in [2.24, 2.45) is 0 Å². The summed E-state index contributed by atoms with van der Waals surface area (Å²) in [7, 11) is 0. The smallest absolute Gasteiger partial charge is 0.119 e. The molecular formula is C17H26O. The molecule has 1 saturated carbocycles. The summed E-state index contributed by atoms with van der Waals surface area (Å²) in [6, 6.07) is 8.88. The summed E-state index contributed by atoms with van der Waals surface area (Å²) in [5.41, 5.74) is 1.99. The third kappa shape index (κ3) is 2.88. The van der Waals surface area contributed by atoms with Gasteiger partial charge < -0.3 is 4.74 Å². The zero-order chi connectivity index (χ0) is 12.8. The van der Waals surface area contributed by atoms with Crippen LogP contribution in [-0.2, 0) is 5.41 Å². The van der Waals surface area contributed by atoms with E-state index < -0.39 is 0 Å². The molecule has 0 aromatic heterocycles. The van der Waals surface area contributed by atoms with Crippen LogP contribution in [0, 0.1) is 0 Å². The second-order valence-corrected chi connectivity index (χ2v) is 5.55. The van der Waals surface area contributed by atoms with Gasteiger partial charge in [0.15, 0.2) is 0 Å². The van der Waals surface area contributed by atoms with Crippen LogP contribution in [0.2, 0.25) is 0 Å². The number of hydrogen-bond donors (Lipinski definition) is 0. The molecule has 0 radical (unpaired) electrons. The van der Waals surface area contributed by atoms with Crippen LogP contribution in [0.5, 0.6) is 5.75 Å². The van der Waals surface area contributed by atoms with Crippen molar-refractivity contribution in [3.05, 3.63) is 29.8 Å². The fourth-order valence-corrected chi connectivity index (χ4v) is 3.46. The van der Waals surface area contributed by atoms with Crippen LogP contribution < -0.4 is 4.74 Å². The Labute approximate surface area is 112 Å². The molecule has 1 heteroatoms. The molecule has 0 N–H and O–H groups in total. The first-order valence-electron chi connectivity index (χ1n) is 7.54. The number of rotatable bonds is 5. The van der Waals surface area contributed by atoms with Gasteiger partial charge in [0.1, 0.15) is 5.75 Å². The molecule has 0 saturated heterocycles. The molecule has 100 valence electrons. The topological polar surface area (TPSA) is 9.23 Å². The Balaban J connectivity index is 2.19. The van der Waals surface area contributed by atoms with Crippen molar-refractivity contribution in [2.45, 2.75) is 64.2 Å². The van der Waals surface area contributed by atoms with Gasteiger partial charge in [0, 0.05) is 0 Å². The Morgan fingerprint density at radius 1 is 1.00 bits per heavy atom. The Bertz CT molecular complexity index is 341. The molecule has 0 atom stereocenters. The van der Waals surface area contributed by atoms with Crippen molar-refractivity contribution >= 4 is 0 Å². The van der Waals surface area contributed by atoms with Crippen molar-refractivity contribution in [2.75, 3.05) is 6.61 Å². The molecular weight excluding hydrogens is 220 g/mol. The predicted molar refractivity (Wildman–Crippen MR) is 77.3 cm³/mol. The third-order valence-electron chi connectivity index (χ3n) is 4.32. The van der Waals surface area contributed by atoms with Crippen LogP contribution >= 0.6 is 0 Å². The normalized spacial score (nSPS) is 18.6. The van der Waals surface area contributed by atoms with Crippen molar-refractivity contribution in [3.63, 3.8) is 0 Å². The first kappa shape index (κ1) is 13.5. The summed E-state index contributed by atoms with van der Waals surface area (Å²) in [6.45, 7) is 5.10. The molecule has 0 aliphatic heterocycles. The second kappa shape index (κ2) is 6.26. The average Bonchev–Trinajstić information content (AvgIpc) is 2.41. The highest BCUT2D eigenvalue weighted by atomic mass is 16.5. The lowest BCUT2D eigenvalue weighted by molar-refractivity contribution is 0.271. The summed E-state index contributed by atoms with van der Waals surface area (Å²) in [4.78, 5) is 0. The van der Waals surface area contributed by atoms with Crippen LogP contribution in [-0.4, -0.2) is 6.61 Å². The van der Waals surface area contributed by atoms with Gasteiger partial charge in [-0.05, 0) is 49.3 Å². The SMILES string of the molecule is CCCC1(c2ccc(OCC)cc2)CCCCC1. The lowest BCUT2D eigenvalue weighted by Crippen LogP contribution is -2.28. The van der Waals surface area contributed by atoms with Crippen LogP contribution in [0.4, 0.5) is 0 Å². The minimum absolute atomic E-state index is 0.456. The van der Waals surface area contributed by atoms with E-state index in [1.54, 1.807) is 0 Å². The van der Waals surface area contributed by atoms with Gasteiger partial charge in [0.25, 0.3) is 0 Å². The maximum atomic E-state index is 5.54. The lowest BCUT2D eigenvalue weighted by atomic mass is 9.67. The maximum Gasteiger partial charge on any atom is 0.119 e. The summed E-state index contributed by atoms with van der Waals surface area (Å²) in [5, 5.41) is 0. The molecule has 0 heterocycles. The molecule has 0 bridgehead atoms. The van der Waals surface area contributed by atoms with E-state index in [9.17, 15) is 0 Å². The van der Waals surface area contributed by atoms with Gasteiger partial charge in [0.05, 0.1) is 6.61 Å². The zero-order valence-electron chi connectivity index (χ0n) is 11.9. The maximum absolute atomic E-state index is 5.54. The lowest BCUT2D eigenvalue weighted by Gasteiger charge is -2.38. The van der Waals surface area contributed by atoms with Crippen molar-refractivity contribution in [1.29, 1.82) is 0 Å². The Morgan fingerprint density at radius 3 is 2.22 bits per heavy atom. The van der Waals surface area contributed by atoms with Crippen molar-refractivity contribution in [1.82, 2.24) is 0 Å². The van der Waals surface area contributed by atoms with Gasteiger partial charge in [-0.2, -0.15) is 0 Å². The minimum Gasteiger partial charge on any atom is -0.494 e. The van der Waals surface area contributed by atoms with Crippen LogP contribution in [0.25, 0.3) is 0 Å².